The first-order chi connectivity index (χ1) is 10.9. The third-order valence-electron chi connectivity index (χ3n) is 3.74. The van der Waals surface area contributed by atoms with Gasteiger partial charge in [-0.3, -0.25) is 0 Å². The van der Waals surface area contributed by atoms with Crippen molar-refractivity contribution in [3.05, 3.63) is 85.1 Å². The smallest absolute Gasteiger partial charge is 0.159 e. The number of hydrogen-bond donors (Lipinski definition) is 0. The Bertz CT molecular complexity index is 913. The van der Waals surface area contributed by atoms with Gasteiger partial charge in [0, 0.05) is 17.1 Å². The predicted molar refractivity (Wildman–Crippen MR) is 90.4 cm³/mol. The molecule has 1 heterocycles. The number of hydrogen-bond acceptors (Lipinski definition) is 2. The van der Waals surface area contributed by atoms with Crippen LogP contribution in [0.2, 0.25) is 0 Å². The molecule has 0 amide bonds. The summed E-state index contributed by atoms with van der Waals surface area (Å²) in [4.78, 5) is 9.11. The lowest BCUT2D eigenvalue weighted by atomic mass is 10.0. The number of benzene rings is 3. The summed E-state index contributed by atoms with van der Waals surface area (Å²) in [6.45, 7) is 0. The Hall–Kier alpha value is -3.00. The molecular formula is C20H14N2. The fraction of sp³-hybridized carbons (Fsp3) is 0. The monoisotopic (exact) mass is 282 g/mol. The average Bonchev–Trinajstić information content (AvgIpc) is 2.62. The fourth-order valence-corrected chi connectivity index (χ4v) is 2.55. The molecule has 0 fully saturated rings. The van der Waals surface area contributed by atoms with Crippen LogP contribution in [0.15, 0.2) is 85.1 Å². The molecular weight excluding hydrogens is 268 g/mol. The zero-order valence-corrected chi connectivity index (χ0v) is 12.0. The molecule has 104 valence electrons. The van der Waals surface area contributed by atoms with Crippen LogP contribution >= 0.6 is 0 Å². The quantitative estimate of drug-likeness (QED) is 0.519. The van der Waals surface area contributed by atoms with E-state index >= 15 is 0 Å². The number of rotatable bonds is 2. The molecule has 0 saturated carbocycles. The van der Waals surface area contributed by atoms with Crippen LogP contribution in [0.3, 0.4) is 0 Å². The number of nitrogens with zero attached hydrogens (tertiary/aromatic N) is 2. The van der Waals surface area contributed by atoms with Gasteiger partial charge in [-0.25, -0.2) is 9.97 Å². The maximum absolute atomic E-state index is 4.64. The van der Waals surface area contributed by atoms with Crippen molar-refractivity contribution in [1.29, 1.82) is 0 Å². The first-order valence-electron chi connectivity index (χ1n) is 7.28. The van der Waals surface area contributed by atoms with Gasteiger partial charge in [-0.15, -0.1) is 0 Å². The molecule has 4 aromatic rings. The van der Waals surface area contributed by atoms with Gasteiger partial charge in [0.1, 0.15) is 0 Å². The van der Waals surface area contributed by atoms with Crippen LogP contribution in [-0.2, 0) is 0 Å². The van der Waals surface area contributed by atoms with Crippen molar-refractivity contribution in [3.63, 3.8) is 0 Å². The third-order valence-corrected chi connectivity index (χ3v) is 3.74. The lowest BCUT2D eigenvalue weighted by molar-refractivity contribution is 1.23. The third kappa shape index (κ3) is 2.35. The molecule has 0 bridgehead atoms. The minimum Gasteiger partial charge on any atom is -0.236 e. The van der Waals surface area contributed by atoms with Crippen LogP contribution < -0.4 is 0 Å². The molecule has 1 aromatic heterocycles. The van der Waals surface area contributed by atoms with Gasteiger partial charge in [-0.05, 0) is 17.2 Å². The number of fused-ring (bicyclic) bond motifs is 1. The summed E-state index contributed by atoms with van der Waals surface area (Å²) in [5.74, 6) is 0.762. The molecule has 2 heteroatoms. The highest BCUT2D eigenvalue weighted by atomic mass is 14.9. The zero-order chi connectivity index (χ0) is 14.8. The van der Waals surface area contributed by atoms with E-state index in [4.69, 9.17) is 0 Å². The highest BCUT2D eigenvalue weighted by Crippen LogP contribution is 2.23. The lowest BCUT2D eigenvalue weighted by Crippen LogP contribution is -1.89. The molecule has 0 radical (unpaired) electrons. The van der Waals surface area contributed by atoms with Crippen molar-refractivity contribution < 1.29 is 0 Å². The summed E-state index contributed by atoms with van der Waals surface area (Å²) in [6.07, 6.45) is 1.88. The average molecular weight is 282 g/mol. The SMILES string of the molecule is c1ccc(-c2ccc(-c3ncc4ccccc4n3)cc2)cc1. The molecule has 0 atom stereocenters. The zero-order valence-electron chi connectivity index (χ0n) is 12.0. The summed E-state index contributed by atoms with van der Waals surface area (Å²) in [5, 5.41) is 1.06. The minimum absolute atomic E-state index is 0.762. The van der Waals surface area contributed by atoms with E-state index in [9.17, 15) is 0 Å². The molecule has 4 rings (SSSR count). The summed E-state index contributed by atoms with van der Waals surface area (Å²) in [6, 6.07) is 26.8. The summed E-state index contributed by atoms with van der Waals surface area (Å²) >= 11 is 0. The van der Waals surface area contributed by atoms with Gasteiger partial charge < -0.3 is 0 Å². The molecule has 2 nitrogen and oxygen atoms in total. The van der Waals surface area contributed by atoms with E-state index < -0.39 is 0 Å². The molecule has 0 aliphatic carbocycles. The topological polar surface area (TPSA) is 25.8 Å². The molecule has 3 aromatic carbocycles. The van der Waals surface area contributed by atoms with E-state index in [0.717, 1.165) is 22.3 Å². The van der Waals surface area contributed by atoms with E-state index in [1.807, 2.05) is 36.5 Å². The number of aromatic nitrogens is 2. The highest BCUT2D eigenvalue weighted by molar-refractivity contribution is 5.79. The van der Waals surface area contributed by atoms with Gasteiger partial charge in [0.05, 0.1) is 5.52 Å². The Labute approximate surface area is 129 Å². The summed E-state index contributed by atoms with van der Waals surface area (Å²) < 4.78 is 0. The van der Waals surface area contributed by atoms with Gasteiger partial charge in [0.15, 0.2) is 5.82 Å². The van der Waals surface area contributed by atoms with Crippen molar-refractivity contribution in [2.24, 2.45) is 0 Å². The first-order valence-corrected chi connectivity index (χ1v) is 7.28. The van der Waals surface area contributed by atoms with Gasteiger partial charge in [0.25, 0.3) is 0 Å². The Morgan fingerprint density at radius 2 is 1.18 bits per heavy atom. The second-order valence-corrected chi connectivity index (χ2v) is 5.20. The molecule has 22 heavy (non-hydrogen) atoms. The van der Waals surface area contributed by atoms with Crippen LogP contribution in [0.25, 0.3) is 33.4 Å². The van der Waals surface area contributed by atoms with Crippen LogP contribution in [0.4, 0.5) is 0 Å². The van der Waals surface area contributed by atoms with Crippen LogP contribution in [0, 0.1) is 0 Å². The van der Waals surface area contributed by atoms with Crippen LogP contribution in [0.5, 0.6) is 0 Å². The maximum atomic E-state index is 4.64. The van der Waals surface area contributed by atoms with Crippen molar-refractivity contribution in [1.82, 2.24) is 9.97 Å². The minimum atomic E-state index is 0.762. The van der Waals surface area contributed by atoms with E-state index in [1.54, 1.807) is 0 Å². The van der Waals surface area contributed by atoms with E-state index in [2.05, 4.69) is 58.5 Å². The standard InChI is InChI=1S/C20H14N2/c1-2-6-15(7-3-1)16-10-12-17(13-11-16)20-21-14-18-8-4-5-9-19(18)22-20/h1-14H. The molecule has 0 N–H and O–H groups in total. The van der Waals surface area contributed by atoms with Crippen LogP contribution in [-0.4, -0.2) is 9.97 Å². The van der Waals surface area contributed by atoms with Crippen molar-refractivity contribution in [2.75, 3.05) is 0 Å². The number of para-hydroxylation sites is 1. The fourth-order valence-electron chi connectivity index (χ4n) is 2.55. The summed E-state index contributed by atoms with van der Waals surface area (Å²) in [5.41, 5.74) is 4.42. The second-order valence-electron chi connectivity index (χ2n) is 5.20. The van der Waals surface area contributed by atoms with Gasteiger partial charge >= 0.3 is 0 Å². The van der Waals surface area contributed by atoms with Crippen molar-refractivity contribution >= 4 is 10.9 Å². The largest absolute Gasteiger partial charge is 0.236 e. The molecule has 0 saturated heterocycles. The van der Waals surface area contributed by atoms with Gasteiger partial charge in [0.2, 0.25) is 0 Å². The highest BCUT2D eigenvalue weighted by Gasteiger charge is 2.04. The maximum Gasteiger partial charge on any atom is 0.159 e. The van der Waals surface area contributed by atoms with E-state index in [0.29, 0.717) is 0 Å². The Morgan fingerprint density at radius 1 is 0.545 bits per heavy atom. The Balaban J connectivity index is 1.73. The first kappa shape index (κ1) is 12.7. The van der Waals surface area contributed by atoms with Gasteiger partial charge in [-0.2, -0.15) is 0 Å². The predicted octanol–water partition coefficient (Wildman–Crippen LogP) is 4.96. The molecule has 0 aliphatic heterocycles. The normalized spacial score (nSPS) is 10.7. The Morgan fingerprint density at radius 3 is 2.00 bits per heavy atom. The van der Waals surface area contributed by atoms with Gasteiger partial charge in [-0.1, -0.05) is 72.8 Å². The van der Waals surface area contributed by atoms with Crippen molar-refractivity contribution in [2.45, 2.75) is 0 Å². The molecule has 0 unspecified atom stereocenters. The van der Waals surface area contributed by atoms with E-state index in [1.165, 1.54) is 11.1 Å². The van der Waals surface area contributed by atoms with Crippen molar-refractivity contribution in [3.8, 4) is 22.5 Å². The lowest BCUT2D eigenvalue weighted by Gasteiger charge is -2.05. The van der Waals surface area contributed by atoms with E-state index in [-0.39, 0.29) is 0 Å². The molecule has 0 aliphatic rings. The summed E-state index contributed by atoms with van der Waals surface area (Å²) in [7, 11) is 0. The van der Waals surface area contributed by atoms with Crippen LogP contribution in [0.1, 0.15) is 0 Å². The Kier molecular flexibility index (Phi) is 3.13. The molecule has 0 spiro atoms. The second kappa shape index (κ2) is 5.41.